The Morgan fingerprint density at radius 3 is 2.57 bits per heavy atom. The van der Waals surface area contributed by atoms with Gasteiger partial charge in [0.25, 0.3) is 0 Å². The minimum absolute atomic E-state index is 0.118. The van der Waals surface area contributed by atoms with Crippen molar-refractivity contribution in [2.24, 2.45) is 0 Å². The lowest BCUT2D eigenvalue weighted by Gasteiger charge is -2.38. The monoisotopic (exact) mass is 330 g/mol. The number of hydrogen-bond donors (Lipinski definition) is 0. The Hall–Kier alpha value is -1.55. The average Bonchev–Trinajstić information content (AvgIpc) is 2.76. The first kappa shape index (κ1) is 16.3. The molecule has 122 valence electrons. The van der Waals surface area contributed by atoms with Crippen LogP contribution >= 0.6 is 11.6 Å². The topological polar surface area (TPSA) is 15.7 Å². The van der Waals surface area contributed by atoms with Crippen LogP contribution in [0, 0.1) is 0 Å². The molecule has 2 aromatic rings. The van der Waals surface area contributed by atoms with Crippen LogP contribution in [0.15, 0.2) is 48.5 Å². The fraction of sp³-hybridized carbons (Fsp3) is 0.368. The third-order valence-electron chi connectivity index (χ3n) is 4.35. The van der Waals surface area contributed by atoms with Gasteiger partial charge in [-0.25, -0.2) is 10.0 Å². The van der Waals surface area contributed by atoms with Crippen molar-refractivity contribution in [1.82, 2.24) is 10.0 Å². The summed E-state index contributed by atoms with van der Waals surface area (Å²) in [7, 11) is 0. The number of ether oxygens (including phenoxy) is 1. The van der Waals surface area contributed by atoms with Crippen LogP contribution in [0.4, 0.5) is 0 Å². The van der Waals surface area contributed by atoms with E-state index in [2.05, 4.69) is 54.2 Å². The molecule has 0 saturated heterocycles. The number of hydrazine groups is 1. The van der Waals surface area contributed by atoms with E-state index in [1.807, 2.05) is 18.2 Å². The molecule has 0 saturated carbocycles. The number of benzene rings is 2. The van der Waals surface area contributed by atoms with Crippen molar-refractivity contribution in [1.29, 1.82) is 0 Å². The maximum atomic E-state index is 6.29. The molecular formula is C19H23ClN2O. The van der Waals surface area contributed by atoms with Crippen LogP contribution < -0.4 is 4.74 Å². The van der Waals surface area contributed by atoms with Crippen molar-refractivity contribution in [2.45, 2.75) is 19.9 Å². The molecule has 0 fully saturated rings. The van der Waals surface area contributed by atoms with Gasteiger partial charge in [0.1, 0.15) is 12.4 Å². The minimum Gasteiger partial charge on any atom is -0.492 e. The highest BCUT2D eigenvalue weighted by Gasteiger charge is 2.31. The summed E-state index contributed by atoms with van der Waals surface area (Å²) in [6.07, 6.45) is 0. The molecule has 0 aliphatic carbocycles. The lowest BCUT2D eigenvalue weighted by Crippen LogP contribution is -2.46. The largest absolute Gasteiger partial charge is 0.492 e. The van der Waals surface area contributed by atoms with E-state index in [0.717, 1.165) is 36.0 Å². The second kappa shape index (κ2) is 7.35. The van der Waals surface area contributed by atoms with E-state index in [0.29, 0.717) is 6.61 Å². The number of hydrogen-bond acceptors (Lipinski definition) is 3. The van der Waals surface area contributed by atoms with Gasteiger partial charge in [0, 0.05) is 30.2 Å². The normalized spacial score (nSPS) is 18.3. The zero-order valence-electron chi connectivity index (χ0n) is 13.7. The molecule has 0 amide bonds. The third kappa shape index (κ3) is 3.37. The van der Waals surface area contributed by atoms with Gasteiger partial charge in [-0.1, -0.05) is 55.8 Å². The molecule has 1 atom stereocenters. The molecule has 1 unspecified atom stereocenters. The lowest BCUT2D eigenvalue weighted by atomic mass is 9.97. The van der Waals surface area contributed by atoms with E-state index in [1.54, 1.807) is 0 Å². The number of halogens is 1. The fourth-order valence-electron chi connectivity index (χ4n) is 3.28. The molecule has 0 bridgehead atoms. The van der Waals surface area contributed by atoms with Crippen LogP contribution in [-0.2, 0) is 0 Å². The molecule has 0 aromatic heterocycles. The van der Waals surface area contributed by atoms with Gasteiger partial charge in [0.2, 0.25) is 0 Å². The third-order valence-corrected chi connectivity index (χ3v) is 4.59. The SMILES string of the molecule is CCN(CC)N1CCOc2ccc(Cl)cc2C1c1ccccc1. The molecule has 1 aliphatic rings. The van der Waals surface area contributed by atoms with Crippen LogP contribution in [0.2, 0.25) is 5.02 Å². The molecule has 23 heavy (non-hydrogen) atoms. The minimum atomic E-state index is 0.118. The Morgan fingerprint density at radius 2 is 1.87 bits per heavy atom. The van der Waals surface area contributed by atoms with E-state index in [1.165, 1.54) is 5.56 Å². The zero-order valence-corrected chi connectivity index (χ0v) is 14.5. The van der Waals surface area contributed by atoms with Crippen molar-refractivity contribution >= 4 is 11.6 Å². The molecule has 0 radical (unpaired) electrons. The molecule has 1 heterocycles. The molecule has 1 aliphatic heterocycles. The van der Waals surface area contributed by atoms with Crippen LogP contribution in [0.1, 0.15) is 31.0 Å². The first-order valence-corrected chi connectivity index (χ1v) is 8.61. The Labute approximate surface area is 143 Å². The fourth-order valence-corrected chi connectivity index (χ4v) is 3.46. The molecule has 0 N–H and O–H groups in total. The van der Waals surface area contributed by atoms with Gasteiger partial charge >= 0.3 is 0 Å². The summed E-state index contributed by atoms with van der Waals surface area (Å²) in [5, 5.41) is 5.53. The van der Waals surface area contributed by atoms with Gasteiger partial charge in [-0.3, -0.25) is 0 Å². The molecular weight excluding hydrogens is 308 g/mol. The standard InChI is InChI=1S/C19H23ClN2O/c1-3-21(4-2)22-12-13-23-18-11-10-16(20)14-17(18)19(22)15-8-6-5-7-9-15/h5-11,14,19H,3-4,12-13H2,1-2H3. The summed E-state index contributed by atoms with van der Waals surface area (Å²) in [5.74, 6) is 0.929. The van der Waals surface area contributed by atoms with Crippen molar-refractivity contribution in [2.75, 3.05) is 26.2 Å². The summed E-state index contributed by atoms with van der Waals surface area (Å²) in [4.78, 5) is 0. The highest BCUT2D eigenvalue weighted by atomic mass is 35.5. The van der Waals surface area contributed by atoms with E-state index >= 15 is 0 Å². The van der Waals surface area contributed by atoms with Gasteiger partial charge in [0.05, 0.1) is 6.04 Å². The number of nitrogens with zero attached hydrogens (tertiary/aromatic N) is 2. The lowest BCUT2D eigenvalue weighted by molar-refractivity contribution is -0.0443. The molecule has 2 aromatic carbocycles. The van der Waals surface area contributed by atoms with Crippen LogP contribution in [0.25, 0.3) is 0 Å². The summed E-state index contributed by atoms with van der Waals surface area (Å²) in [6.45, 7) is 7.85. The Bertz CT molecular complexity index is 643. The van der Waals surface area contributed by atoms with E-state index in [-0.39, 0.29) is 6.04 Å². The summed E-state index contributed by atoms with van der Waals surface area (Å²) in [5.41, 5.74) is 2.39. The van der Waals surface area contributed by atoms with Crippen molar-refractivity contribution in [3.63, 3.8) is 0 Å². The number of fused-ring (bicyclic) bond motifs is 1. The Kier molecular flexibility index (Phi) is 5.21. The molecule has 3 rings (SSSR count). The van der Waals surface area contributed by atoms with Gasteiger partial charge < -0.3 is 4.74 Å². The quantitative estimate of drug-likeness (QED) is 0.827. The number of rotatable bonds is 4. The smallest absolute Gasteiger partial charge is 0.124 e. The predicted molar refractivity (Wildman–Crippen MR) is 94.9 cm³/mol. The maximum absolute atomic E-state index is 6.29. The van der Waals surface area contributed by atoms with E-state index in [9.17, 15) is 0 Å². The van der Waals surface area contributed by atoms with Gasteiger partial charge in [-0.15, -0.1) is 0 Å². The van der Waals surface area contributed by atoms with Gasteiger partial charge in [0.15, 0.2) is 0 Å². The first-order chi connectivity index (χ1) is 11.2. The second-order valence-corrected chi connectivity index (χ2v) is 6.08. The summed E-state index contributed by atoms with van der Waals surface area (Å²) < 4.78 is 6.00. The Balaban J connectivity index is 2.13. The van der Waals surface area contributed by atoms with Crippen LogP contribution in [-0.4, -0.2) is 36.3 Å². The highest BCUT2D eigenvalue weighted by Crippen LogP contribution is 2.38. The Morgan fingerprint density at radius 1 is 1.13 bits per heavy atom. The maximum Gasteiger partial charge on any atom is 0.124 e. The average molecular weight is 331 g/mol. The van der Waals surface area contributed by atoms with E-state index in [4.69, 9.17) is 16.3 Å². The van der Waals surface area contributed by atoms with Crippen molar-refractivity contribution < 1.29 is 4.74 Å². The summed E-state index contributed by atoms with van der Waals surface area (Å²) >= 11 is 6.29. The van der Waals surface area contributed by atoms with Gasteiger partial charge in [-0.2, -0.15) is 0 Å². The van der Waals surface area contributed by atoms with Crippen molar-refractivity contribution in [3.05, 3.63) is 64.7 Å². The first-order valence-electron chi connectivity index (χ1n) is 8.23. The van der Waals surface area contributed by atoms with Gasteiger partial charge in [-0.05, 0) is 23.8 Å². The summed E-state index contributed by atoms with van der Waals surface area (Å²) in [6, 6.07) is 16.6. The second-order valence-electron chi connectivity index (χ2n) is 5.65. The molecule has 4 heteroatoms. The highest BCUT2D eigenvalue weighted by molar-refractivity contribution is 6.30. The molecule has 0 spiro atoms. The predicted octanol–water partition coefficient (Wildman–Crippen LogP) is 4.38. The van der Waals surface area contributed by atoms with Crippen LogP contribution in [0.5, 0.6) is 5.75 Å². The van der Waals surface area contributed by atoms with Crippen molar-refractivity contribution in [3.8, 4) is 5.75 Å². The molecule has 3 nitrogen and oxygen atoms in total. The zero-order chi connectivity index (χ0) is 16.2. The van der Waals surface area contributed by atoms with Crippen LogP contribution in [0.3, 0.4) is 0 Å². The van der Waals surface area contributed by atoms with E-state index < -0.39 is 0 Å².